The Bertz CT molecular complexity index is 74.0. The average molecular weight is 162 g/mol. The van der Waals surface area contributed by atoms with Crippen LogP contribution >= 0.6 is 11.8 Å². The van der Waals surface area contributed by atoms with E-state index in [-0.39, 0.29) is 5.37 Å². The molecule has 0 aromatic heterocycles. The van der Waals surface area contributed by atoms with E-state index < -0.39 is 0 Å². The summed E-state index contributed by atoms with van der Waals surface area (Å²) in [7, 11) is 1.99. The van der Waals surface area contributed by atoms with Gasteiger partial charge in [-0.15, -0.1) is 11.8 Å². The van der Waals surface area contributed by atoms with Gasteiger partial charge < -0.3 is 11.1 Å². The Balaban J connectivity index is 3.41. The van der Waals surface area contributed by atoms with Crippen molar-refractivity contribution in [1.29, 1.82) is 0 Å². The second-order valence-electron chi connectivity index (χ2n) is 2.40. The minimum absolute atomic E-state index is 0.289. The molecule has 0 aliphatic rings. The zero-order chi connectivity index (χ0) is 7.98. The van der Waals surface area contributed by atoms with Crippen LogP contribution in [0.15, 0.2) is 0 Å². The van der Waals surface area contributed by atoms with Crippen molar-refractivity contribution < 1.29 is 0 Å². The zero-order valence-corrected chi connectivity index (χ0v) is 7.87. The van der Waals surface area contributed by atoms with Crippen molar-refractivity contribution >= 4 is 11.8 Å². The van der Waals surface area contributed by atoms with Crippen LogP contribution < -0.4 is 11.1 Å². The first-order valence-electron chi connectivity index (χ1n) is 3.70. The Morgan fingerprint density at radius 2 is 2.20 bits per heavy atom. The summed E-state index contributed by atoms with van der Waals surface area (Å²) < 4.78 is 0. The monoisotopic (exact) mass is 162 g/mol. The summed E-state index contributed by atoms with van der Waals surface area (Å²) in [6.07, 6.45) is 4.27. The molecule has 0 saturated heterocycles. The summed E-state index contributed by atoms with van der Waals surface area (Å²) in [4.78, 5) is 0. The summed E-state index contributed by atoms with van der Waals surface area (Å²) in [6, 6.07) is 0.586. The molecule has 10 heavy (non-hydrogen) atoms. The molecular weight excluding hydrogens is 144 g/mol. The third kappa shape index (κ3) is 4.14. The van der Waals surface area contributed by atoms with Crippen molar-refractivity contribution in [3.05, 3.63) is 0 Å². The summed E-state index contributed by atoms with van der Waals surface area (Å²) >= 11 is 1.72. The van der Waals surface area contributed by atoms with Crippen LogP contribution in [-0.4, -0.2) is 24.7 Å². The molecule has 0 fully saturated rings. The SMILES string of the molecule is CC[C@@H](CC(N)SC)NC. The molecule has 0 amide bonds. The fraction of sp³-hybridized carbons (Fsp3) is 1.00. The van der Waals surface area contributed by atoms with Crippen LogP contribution in [0.3, 0.4) is 0 Å². The predicted molar refractivity (Wildman–Crippen MR) is 49.2 cm³/mol. The van der Waals surface area contributed by atoms with Crippen LogP contribution in [-0.2, 0) is 0 Å². The lowest BCUT2D eigenvalue weighted by atomic mass is 10.1. The second kappa shape index (κ2) is 6.01. The maximum absolute atomic E-state index is 5.75. The van der Waals surface area contributed by atoms with Gasteiger partial charge in [0.1, 0.15) is 0 Å². The molecule has 0 aliphatic heterocycles. The summed E-state index contributed by atoms with van der Waals surface area (Å²) in [5.41, 5.74) is 5.75. The molecule has 0 radical (unpaired) electrons. The van der Waals surface area contributed by atoms with Crippen molar-refractivity contribution in [3.8, 4) is 0 Å². The molecule has 0 aliphatic carbocycles. The molecule has 62 valence electrons. The maximum Gasteiger partial charge on any atom is 0.0519 e. The number of nitrogens with one attached hydrogen (secondary N) is 1. The number of hydrogen-bond acceptors (Lipinski definition) is 3. The van der Waals surface area contributed by atoms with Crippen molar-refractivity contribution in [2.75, 3.05) is 13.3 Å². The molecule has 1 unspecified atom stereocenters. The van der Waals surface area contributed by atoms with E-state index in [2.05, 4.69) is 12.2 Å². The molecular formula is C7H18N2S. The molecule has 3 N–H and O–H groups in total. The van der Waals surface area contributed by atoms with Gasteiger partial charge in [-0.1, -0.05) is 6.92 Å². The van der Waals surface area contributed by atoms with Gasteiger partial charge in [-0.25, -0.2) is 0 Å². The first-order valence-corrected chi connectivity index (χ1v) is 4.99. The van der Waals surface area contributed by atoms with Crippen molar-refractivity contribution in [3.63, 3.8) is 0 Å². The van der Waals surface area contributed by atoms with E-state index in [0.29, 0.717) is 6.04 Å². The molecule has 3 heteroatoms. The number of rotatable bonds is 5. The van der Waals surface area contributed by atoms with Gasteiger partial charge in [0, 0.05) is 6.04 Å². The Kier molecular flexibility index (Phi) is 6.17. The number of thioether (sulfide) groups is 1. The Hall–Kier alpha value is 0.270. The average Bonchev–Trinajstić information content (AvgIpc) is 1.99. The molecule has 0 saturated carbocycles. The van der Waals surface area contributed by atoms with Gasteiger partial charge in [0.25, 0.3) is 0 Å². The van der Waals surface area contributed by atoms with Gasteiger partial charge in [0.05, 0.1) is 5.37 Å². The van der Waals surface area contributed by atoms with E-state index in [1.807, 2.05) is 13.3 Å². The molecule has 0 spiro atoms. The molecule has 0 heterocycles. The lowest BCUT2D eigenvalue weighted by Crippen LogP contribution is -2.31. The fourth-order valence-corrected chi connectivity index (χ4v) is 1.29. The van der Waals surface area contributed by atoms with Gasteiger partial charge in [-0.2, -0.15) is 0 Å². The molecule has 2 atom stereocenters. The van der Waals surface area contributed by atoms with Crippen LogP contribution in [0.1, 0.15) is 19.8 Å². The van der Waals surface area contributed by atoms with Crippen LogP contribution in [0, 0.1) is 0 Å². The van der Waals surface area contributed by atoms with Gasteiger partial charge in [-0.3, -0.25) is 0 Å². The first kappa shape index (κ1) is 10.3. The van der Waals surface area contributed by atoms with Crippen LogP contribution in [0.4, 0.5) is 0 Å². The highest BCUT2D eigenvalue weighted by atomic mass is 32.2. The lowest BCUT2D eigenvalue weighted by Gasteiger charge is -2.16. The van der Waals surface area contributed by atoms with E-state index >= 15 is 0 Å². The highest BCUT2D eigenvalue weighted by Gasteiger charge is 2.07. The fourth-order valence-electron chi connectivity index (χ4n) is 0.865. The van der Waals surface area contributed by atoms with E-state index in [4.69, 9.17) is 5.73 Å². The summed E-state index contributed by atoms with van der Waals surface area (Å²) in [5, 5.41) is 3.51. The third-order valence-corrected chi connectivity index (χ3v) is 2.52. The lowest BCUT2D eigenvalue weighted by molar-refractivity contribution is 0.503. The van der Waals surface area contributed by atoms with Crippen molar-refractivity contribution in [1.82, 2.24) is 5.32 Å². The Morgan fingerprint density at radius 3 is 2.50 bits per heavy atom. The largest absolute Gasteiger partial charge is 0.319 e. The summed E-state index contributed by atoms with van der Waals surface area (Å²) in [5.74, 6) is 0. The number of hydrogen-bond donors (Lipinski definition) is 2. The highest BCUT2D eigenvalue weighted by molar-refractivity contribution is 7.99. The molecule has 0 aromatic carbocycles. The van der Waals surface area contributed by atoms with Crippen molar-refractivity contribution in [2.45, 2.75) is 31.2 Å². The topological polar surface area (TPSA) is 38.0 Å². The normalized spacial score (nSPS) is 16.8. The van der Waals surface area contributed by atoms with Crippen LogP contribution in [0.25, 0.3) is 0 Å². The van der Waals surface area contributed by atoms with Crippen LogP contribution in [0.2, 0.25) is 0 Å². The van der Waals surface area contributed by atoms with Gasteiger partial charge in [-0.05, 0) is 26.1 Å². The molecule has 0 bridgehead atoms. The standard InChI is InChI=1S/C7H18N2S/c1-4-6(9-2)5-7(8)10-3/h6-7,9H,4-5,8H2,1-3H3/t6-,7?/m0/s1. The van der Waals surface area contributed by atoms with Crippen molar-refractivity contribution in [2.24, 2.45) is 5.73 Å². The smallest absolute Gasteiger partial charge is 0.0519 e. The van der Waals surface area contributed by atoms with E-state index in [1.165, 1.54) is 0 Å². The Morgan fingerprint density at radius 1 is 1.60 bits per heavy atom. The molecule has 0 aromatic rings. The van der Waals surface area contributed by atoms with Gasteiger partial charge in [0.15, 0.2) is 0 Å². The Labute approximate surface area is 67.9 Å². The minimum atomic E-state index is 0.289. The van der Waals surface area contributed by atoms with Crippen LogP contribution in [0.5, 0.6) is 0 Å². The molecule has 2 nitrogen and oxygen atoms in total. The number of nitrogens with two attached hydrogens (primary N) is 1. The summed E-state index contributed by atoms with van der Waals surface area (Å²) in [6.45, 7) is 2.17. The van der Waals surface area contributed by atoms with E-state index in [0.717, 1.165) is 12.8 Å². The second-order valence-corrected chi connectivity index (χ2v) is 3.48. The highest BCUT2D eigenvalue weighted by Crippen LogP contribution is 2.08. The molecule has 0 rings (SSSR count). The zero-order valence-electron chi connectivity index (χ0n) is 7.05. The third-order valence-electron chi connectivity index (χ3n) is 1.72. The van der Waals surface area contributed by atoms with E-state index in [1.54, 1.807) is 11.8 Å². The first-order chi connectivity index (χ1) is 4.74. The minimum Gasteiger partial charge on any atom is -0.319 e. The van der Waals surface area contributed by atoms with Gasteiger partial charge in [0.2, 0.25) is 0 Å². The quantitative estimate of drug-likeness (QED) is 0.593. The predicted octanol–water partition coefficient (Wildman–Crippen LogP) is 1.02. The van der Waals surface area contributed by atoms with E-state index in [9.17, 15) is 0 Å². The maximum atomic E-state index is 5.75. The van der Waals surface area contributed by atoms with Gasteiger partial charge >= 0.3 is 0 Å².